The van der Waals surface area contributed by atoms with E-state index in [4.69, 9.17) is 18.9 Å². The molecule has 4 aliphatic rings. The van der Waals surface area contributed by atoms with Crippen molar-refractivity contribution >= 4 is 18.0 Å². The second kappa shape index (κ2) is 12.8. The number of esters is 1. The first-order chi connectivity index (χ1) is 24.2. The lowest BCUT2D eigenvalue weighted by Gasteiger charge is -2.60. The Labute approximate surface area is 292 Å². The third kappa shape index (κ3) is 5.75. The second-order valence-electron chi connectivity index (χ2n) is 13.4. The highest BCUT2D eigenvalue weighted by Crippen LogP contribution is 2.58. The molecule has 1 saturated heterocycles. The fourth-order valence-electron chi connectivity index (χ4n) is 8.37. The van der Waals surface area contributed by atoms with Crippen molar-refractivity contribution in [2.75, 3.05) is 27.5 Å². The van der Waals surface area contributed by atoms with E-state index >= 15 is 0 Å². The van der Waals surface area contributed by atoms with Gasteiger partial charge in [0.1, 0.15) is 12.0 Å². The molecule has 0 radical (unpaired) electrons. The first-order valence-electron chi connectivity index (χ1n) is 16.5. The van der Waals surface area contributed by atoms with Crippen molar-refractivity contribution in [1.29, 1.82) is 0 Å². The van der Waals surface area contributed by atoms with Crippen molar-refractivity contribution in [2.45, 2.75) is 70.2 Å². The predicted molar refractivity (Wildman–Crippen MR) is 178 cm³/mol. The van der Waals surface area contributed by atoms with Gasteiger partial charge in [-0.3, -0.25) is 19.4 Å². The number of phenolic OH excluding ortho intramolecular Hbond substituents is 1. The number of hydrogen-bond donors (Lipinski definition) is 3. The Kier molecular flexibility index (Phi) is 8.67. The van der Waals surface area contributed by atoms with E-state index in [0.717, 1.165) is 29.3 Å². The first kappa shape index (κ1) is 34.6. The van der Waals surface area contributed by atoms with Crippen LogP contribution in [0.15, 0.2) is 36.4 Å². The normalized spacial score (nSPS) is 23.7. The van der Waals surface area contributed by atoms with Gasteiger partial charge in [-0.1, -0.05) is 18.2 Å². The maximum atomic E-state index is 13.3. The van der Waals surface area contributed by atoms with Crippen LogP contribution in [-0.4, -0.2) is 77.7 Å². The second-order valence-corrected chi connectivity index (χ2v) is 13.4. The molecule has 270 valence electrons. The van der Waals surface area contributed by atoms with Crippen molar-refractivity contribution in [2.24, 2.45) is 0 Å². The lowest BCUT2D eigenvalue weighted by Crippen LogP contribution is -2.69. The van der Waals surface area contributed by atoms with Crippen LogP contribution in [0.2, 0.25) is 0 Å². The topological polar surface area (TPSA) is 130 Å². The van der Waals surface area contributed by atoms with E-state index in [1.807, 2.05) is 29.8 Å². The van der Waals surface area contributed by atoms with E-state index in [1.165, 1.54) is 32.2 Å². The number of rotatable bonds is 6. The molecule has 7 rings (SSSR count). The van der Waals surface area contributed by atoms with Gasteiger partial charge in [-0.25, -0.2) is 0 Å². The van der Waals surface area contributed by atoms with E-state index in [0.29, 0.717) is 51.7 Å². The van der Waals surface area contributed by atoms with Gasteiger partial charge in [0, 0.05) is 47.8 Å². The third-order valence-electron chi connectivity index (χ3n) is 10.5. The molecule has 3 aromatic rings. The number of aromatic hydroxyl groups is 1. The number of benzene rings is 3. The molecule has 5 unspecified atom stereocenters. The molecular formula is C37H38F3N3O8. The highest BCUT2D eigenvalue weighted by molar-refractivity contribution is 5.91. The molecule has 3 N–H and O–H groups in total. The van der Waals surface area contributed by atoms with Gasteiger partial charge in [0.2, 0.25) is 12.7 Å². The minimum Gasteiger partial charge on any atom is -0.504 e. The number of alkyl halides is 3. The van der Waals surface area contributed by atoms with Crippen LogP contribution in [0.25, 0.3) is 6.08 Å². The Balaban J connectivity index is 1.33. The van der Waals surface area contributed by atoms with Gasteiger partial charge in [0.25, 0.3) is 0 Å². The van der Waals surface area contributed by atoms with Gasteiger partial charge in [0.05, 0.1) is 30.8 Å². The Morgan fingerprint density at radius 1 is 1.08 bits per heavy atom. The molecule has 4 aliphatic heterocycles. The molecule has 3 aromatic carbocycles. The summed E-state index contributed by atoms with van der Waals surface area (Å²) >= 11 is 0. The zero-order valence-corrected chi connectivity index (χ0v) is 28.6. The number of piperazine rings is 1. The van der Waals surface area contributed by atoms with Gasteiger partial charge < -0.3 is 34.5 Å². The number of likely N-dealkylation sites (N-methyl/N-ethyl adjacent to an activating group) is 1. The quantitative estimate of drug-likeness (QED) is 0.188. The molecule has 1 amide bonds. The van der Waals surface area contributed by atoms with Crippen LogP contribution in [0.4, 0.5) is 13.2 Å². The van der Waals surface area contributed by atoms with Crippen LogP contribution in [0.3, 0.4) is 0 Å². The van der Waals surface area contributed by atoms with Crippen LogP contribution in [0.5, 0.6) is 28.7 Å². The van der Waals surface area contributed by atoms with Gasteiger partial charge >= 0.3 is 12.1 Å². The van der Waals surface area contributed by atoms with Gasteiger partial charge in [-0.05, 0) is 68.6 Å². The number of aliphatic hydroxyl groups excluding tert-OH is 1. The Bertz CT molecular complexity index is 1960. The molecule has 14 heteroatoms. The number of ether oxygens (including phenoxy) is 4. The fraction of sp³-hybridized carbons (Fsp3) is 0.405. The Morgan fingerprint density at radius 3 is 2.53 bits per heavy atom. The van der Waals surface area contributed by atoms with E-state index in [2.05, 4.69) is 5.32 Å². The van der Waals surface area contributed by atoms with Crippen molar-refractivity contribution in [3.8, 4) is 28.7 Å². The number of methoxy groups -OCH3 is 1. The van der Waals surface area contributed by atoms with Crippen LogP contribution in [0.1, 0.15) is 63.5 Å². The minimum absolute atomic E-state index is 0.0107. The van der Waals surface area contributed by atoms with Crippen LogP contribution >= 0.6 is 0 Å². The number of carbonyl (C=O) groups is 2. The molecule has 4 heterocycles. The van der Waals surface area contributed by atoms with E-state index in [-0.39, 0.29) is 31.1 Å². The molecular weight excluding hydrogens is 671 g/mol. The summed E-state index contributed by atoms with van der Waals surface area (Å²) < 4.78 is 63.1. The van der Waals surface area contributed by atoms with Crippen molar-refractivity contribution in [1.82, 2.24) is 15.1 Å². The molecule has 2 bridgehead atoms. The van der Waals surface area contributed by atoms with Crippen molar-refractivity contribution < 1.29 is 51.9 Å². The maximum absolute atomic E-state index is 13.3. The molecule has 51 heavy (non-hydrogen) atoms. The number of amides is 1. The van der Waals surface area contributed by atoms with E-state index in [9.17, 15) is 33.0 Å². The smallest absolute Gasteiger partial charge is 0.416 e. The van der Waals surface area contributed by atoms with Crippen LogP contribution < -0.4 is 24.3 Å². The monoisotopic (exact) mass is 709 g/mol. The van der Waals surface area contributed by atoms with Crippen LogP contribution in [0, 0.1) is 13.8 Å². The molecule has 5 atom stereocenters. The molecule has 1 fully saturated rings. The summed E-state index contributed by atoms with van der Waals surface area (Å²) in [6, 6.07) is 4.48. The van der Waals surface area contributed by atoms with Crippen LogP contribution in [-0.2, 0) is 28.6 Å². The van der Waals surface area contributed by atoms with Crippen molar-refractivity contribution in [3.63, 3.8) is 0 Å². The molecule has 0 aliphatic carbocycles. The summed E-state index contributed by atoms with van der Waals surface area (Å²) in [5, 5.41) is 26.7. The van der Waals surface area contributed by atoms with Gasteiger partial charge in [-0.15, -0.1) is 0 Å². The summed E-state index contributed by atoms with van der Waals surface area (Å²) in [6.45, 7) is 4.76. The average molecular weight is 710 g/mol. The number of nitrogens with one attached hydrogen (secondary N) is 1. The number of fused-ring (bicyclic) bond motifs is 9. The largest absolute Gasteiger partial charge is 0.504 e. The summed E-state index contributed by atoms with van der Waals surface area (Å²) in [4.78, 5) is 29.7. The first-order valence-corrected chi connectivity index (χ1v) is 16.5. The molecule has 11 nitrogen and oxygen atoms in total. The summed E-state index contributed by atoms with van der Waals surface area (Å²) in [5.41, 5.74) is 3.45. The number of aryl methyl sites for hydroxylation is 1. The standard InChI is InChI=1S/C37H38F3N3O8/c1-17-11-21-13-25-36(47)43-24(30(42(25)4)28(21)31(46)32(17)48-5)14-23-29(35-34(49-16-50-35)18(2)33(23)51-19(3)44)26(43)15-41-27(45)10-9-20-7-6-8-22(12-20)37(38,39)40/h6-12,24-26,30,36,46-47H,13-16H2,1-5H3,(H,41,45). The number of aliphatic hydroxyl groups is 1. The van der Waals surface area contributed by atoms with E-state index in [1.54, 1.807) is 6.92 Å². The number of carbonyl (C=O) groups excluding carboxylic acids is 2. The zero-order chi connectivity index (χ0) is 36.5. The predicted octanol–water partition coefficient (Wildman–Crippen LogP) is 4.72. The fourth-order valence-corrected chi connectivity index (χ4v) is 8.37. The number of phenols is 1. The molecule has 0 saturated carbocycles. The average Bonchev–Trinajstić information content (AvgIpc) is 3.57. The lowest BCUT2D eigenvalue weighted by atomic mass is 9.73. The summed E-state index contributed by atoms with van der Waals surface area (Å²) in [5.74, 6) is 0.325. The van der Waals surface area contributed by atoms with Gasteiger partial charge in [0.15, 0.2) is 23.0 Å². The Morgan fingerprint density at radius 2 is 1.82 bits per heavy atom. The van der Waals surface area contributed by atoms with Gasteiger partial charge in [-0.2, -0.15) is 13.2 Å². The number of nitrogens with zero attached hydrogens (tertiary/aromatic N) is 2. The molecule has 0 spiro atoms. The van der Waals surface area contributed by atoms with E-state index < -0.39 is 54.0 Å². The number of hydrogen-bond acceptors (Lipinski definition) is 10. The zero-order valence-electron chi connectivity index (χ0n) is 28.6. The minimum atomic E-state index is -4.53. The molecule has 0 aromatic heterocycles. The third-order valence-corrected chi connectivity index (χ3v) is 10.5. The summed E-state index contributed by atoms with van der Waals surface area (Å²) in [6.07, 6.45) is -2.46. The summed E-state index contributed by atoms with van der Waals surface area (Å²) in [7, 11) is 3.39. The SMILES string of the molecule is COc1c(C)cc2c(c1O)C1C3Cc4c(OC(C)=O)c(C)c5c(c4C(CNC(=O)C=Cc4cccc(C(F)(F)F)c4)N3C(O)C(C2)N1C)OCO5. The lowest BCUT2D eigenvalue weighted by molar-refractivity contribution is -0.172. The highest BCUT2D eigenvalue weighted by Gasteiger charge is 2.56. The maximum Gasteiger partial charge on any atom is 0.416 e. The number of halogens is 3. The van der Waals surface area contributed by atoms with Crippen molar-refractivity contribution in [3.05, 3.63) is 80.9 Å². The Hall–Kier alpha value is -4.79. The highest BCUT2D eigenvalue weighted by atomic mass is 19.4.